The zero-order chi connectivity index (χ0) is 13.9. The van der Waals surface area contributed by atoms with Gasteiger partial charge in [-0.1, -0.05) is 24.3 Å². The minimum atomic E-state index is 0.207. The lowest BCUT2D eigenvalue weighted by atomic mass is 9.80. The lowest BCUT2D eigenvalue weighted by molar-refractivity contribution is 0.0972. The van der Waals surface area contributed by atoms with Crippen LogP contribution in [0.1, 0.15) is 46.0 Å². The molecule has 0 aliphatic heterocycles. The van der Waals surface area contributed by atoms with Gasteiger partial charge in [-0.25, -0.2) is 0 Å². The molecule has 3 heteroatoms. The SMILES string of the molecule is COc1ccsc1C(=O)CC1CCCc2ccccc21. The van der Waals surface area contributed by atoms with Crippen LogP contribution in [0.3, 0.4) is 0 Å². The number of methoxy groups -OCH3 is 1. The summed E-state index contributed by atoms with van der Waals surface area (Å²) >= 11 is 1.48. The largest absolute Gasteiger partial charge is 0.495 e. The van der Waals surface area contributed by atoms with Gasteiger partial charge in [0.25, 0.3) is 0 Å². The minimum absolute atomic E-state index is 0.207. The number of carbonyl (C=O) groups excluding carboxylic acids is 1. The number of thiophene rings is 1. The van der Waals surface area contributed by atoms with E-state index < -0.39 is 0 Å². The second-order valence-electron chi connectivity index (χ2n) is 5.23. The summed E-state index contributed by atoms with van der Waals surface area (Å²) in [4.78, 5) is 13.3. The van der Waals surface area contributed by atoms with E-state index in [9.17, 15) is 4.79 Å². The molecular weight excluding hydrogens is 268 g/mol. The molecule has 0 spiro atoms. The van der Waals surface area contributed by atoms with E-state index in [0.717, 1.165) is 17.7 Å². The van der Waals surface area contributed by atoms with Gasteiger partial charge >= 0.3 is 0 Å². The first-order valence-electron chi connectivity index (χ1n) is 7.02. The van der Waals surface area contributed by atoms with Crippen molar-refractivity contribution >= 4 is 17.1 Å². The van der Waals surface area contributed by atoms with Crippen molar-refractivity contribution in [3.8, 4) is 5.75 Å². The van der Waals surface area contributed by atoms with E-state index in [0.29, 0.717) is 18.1 Å². The Morgan fingerprint density at radius 3 is 3.05 bits per heavy atom. The van der Waals surface area contributed by atoms with Crippen LogP contribution in [0, 0.1) is 0 Å². The summed E-state index contributed by atoms with van der Waals surface area (Å²) in [5, 5.41) is 1.92. The second-order valence-corrected chi connectivity index (χ2v) is 6.15. The van der Waals surface area contributed by atoms with Crippen molar-refractivity contribution in [2.45, 2.75) is 31.6 Å². The van der Waals surface area contributed by atoms with Gasteiger partial charge in [0, 0.05) is 6.42 Å². The van der Waals surface area contributed by atoms with Crippen molar-refractivity contribution in [1.29, 1.82) is 0 Å². The first-order valence-corrected chi connectivity index (χ1v) is 7.90. The zero-order valence-electron chi connectivity index (χ0n) is 11.6. The molecule has 0 bridgehead atoms. The normalized spacial score (nSPS) is 17.6. The molecule has 0 saturated heterocycles. The van der Waals surface area contributed by atoms with Gasteiger partial charge in [0.15, 0.2) is 5.78 Å². The first-order chi connectivity index (χ1) is 9.79. The van der Waals surface area contributed by atoms with E-state index in [2.05, 4.69) is 24.3 Å². The predicted molar refractivity (Wildman–Crippen MR) is 81.9 cm³/mol. The topological polar surface area (TPSA) is 26.3 Å². The second kappa shape index (κ2) is 5.80. The van der Waals surface area contributed by atoms with Crippen LogP contribution < -0.4 is 4.74 Å². The highest BCUT2D eigenvalue weighted by molar-refractivity contribution is 7.12. The van der Waals surface area contributed by atoms with Crippen LogP contribution in [-0.2, 0) is 6.42 Å². The zero-order valence-corrected chi connectivity index (χ0v) is 12.4. The van der Waals surface area contributed by atoms with E-state index in [1.807, 2.05) is 11.4 Å². The summed E-state index contributed by atoms with van der Waals surface area (Å²) in [6.07, 6.45) is 4.02. The highest BCUT2D eigenvalue weighted by Gasteiger charge is 2.24. The van der Waals surface area contributed by atoms with Crippen molar-refractivity contribution in [3.63, 3.8) is 0 Å². The highest BCUT2D eigenvalue weighted by atomic mass is 32.1. The standard InChI is InChI=1S/C17H18O2S/c1-19-16-9-10-20-17(16)15(18)11-13-7-4-6-12-5-2-3-8-14(12)13/h2-3,5,8-10,13H,4,6-7,11H2,1H3. The van der Waals surface area contributed by atoms with Crippen molar-refractivity contribution < 1.29 is 9.53 Å². The fraction of sp³-hybridized carbons (Fsp3) is 0.353. The number of hydrogen-bond donors (Lipinski definition) is 0. The molecule has 1 aromatic carbocycles. The van der Waals surface area contributed by atoms with E-state index in [1.165, 1.54) is 28.9 Å². The van der Waals surface area contributed by atoms with Gasteiger partial charge in [-0.3, -0.25) is 4.79 Å². The van der Waals surface area contributed by atoms with Crippen LogP contribution in [0.25, 0.3) is 0 Å². The van der Waals surface area contributed by atoms with Crippen molar-refractivity contribution in [3.05, 3.63) is 51.7 Å². The molecule has 20 heavy (non-hydrogen) atoms. The third-order valence-corrected chi connectivity index (χ3v) is 4.96. The molecule has 0 saturated carbocycles. The summed E-state index contributed by atoms with van der Waals surface area (Å²) in [7, 11) is 1.62. The molecule has 1 atom stereocenters. The number of ether oxygens (including phenoxy) is 1. The number of hydrogen-bond acceptors (Lipinski definition) is 3. The van der Waals surface area contributed by atoms with Crippen LogP contribution in [0.5, 0.6) is 5.75 Å². The molecule has 1 aliphatic rings. The number of aryl methyl sites for hydroxylation is 1. The fourth-order valence-corrected chi connectivity index (χ4v) is 3.85. The lowest BCUT2D eigenvalue weighted by Crippen LogP contribution is -2.13. The van der Waals surface area contributed by atoms with Crippen LogP contribution in [0.15, 0.2) is 35.7 Å². The van der Waals surface area contributed by atoms with Gasteiger partial charge in [0.1, 0.15) is 10.6 Å². The van der Waals surface area contributed by atoms with E-state index in [1.54, 1.807) is 7.11 Å². The van der Waals surface area contributed by atoms with Crippen molar-refractivity contribution in [1.82, 2.24) is 0 Å². The summed E-state index contributed by atoms with van der Waals surface area (Å²) in [5.41, 5.74) is 2.78. The average molecular weight is 286 g/mol. The molecule has 2 nitrogen and oxygen atoms in total. The average Bonchev–Trinajstić information content (AvgIpc) is 2.96. The molecule has 2 aromatic rings. The molecule has 1 aromatic heterocycles. The number of fused-ring (bicyclic) bond motifs is 1. The van der Waals surface area contributed by atoms with Crippen LogP contribution in [0.2, 0.25) is 0 Å². The van der Waals surface area contributed by atoms with Gasteiger partial charge in [0.2, 0.25) is 0 Å². The van der Waals surface area contributed by atoms with Crippen LogP contribution in [-0.4, -0.2) is 12.9 Å². The Morgan fingerprint density at radius 1 is 1.35 bits per heavy atom. The Balaban J connectivity index is 1.81. The van der Waals surface area contributed by atoms with Gasteiger partial charge in [-0.2, -0.15) is 0 Å². The number of benzene rings is 1. The third kappa shape index (κ3) is 2.50. The number of carbonyl (C=O) groups is 1. The maximum atomic E-state index is 12.5. The van der Waals surface area contributed by atoms with Gasteiger partial charge in [0.05, 0.1) is 7.11 Å². The third-order valence-electron chi connectivity index (χ3n) is 4.03. The smallest absolute Gasteiger partial charge is 0.177 e. The maximum absolute atomic E-state index is 12.5. The molecular formula is C17H18O2S. The minimum Gasteiger partial charge on any atom is -0.495 e. The Bertz CT molecular complexity index is 615. The van der Waals surface area contributed by atoms with E-state index in [-0.39, 0.29) is 5.78 Å². The molecule has 104 valence electrons. The fourth-order valence-electron chi connectivity index (χ4n) is 3.04. The van der Waals surface area contributed by atoms with Crippen molar-refractivity contribution in [2.75, 3.05) is 7.11 Å². The van der Waals surface area contributed by atoms with Gasteiger partial charge in [-0.05, 0) is 47.8 Å². The number of Topliss-reactive ketones (excluding diaryl/α,β-unsaturated/α-hetero) is 1. The number of rotatable bonds is 4. The summed E-state index contributed by atoms with van der Waals surface area (Å²) in [6, 6.07) is 10.4. The summed E-state index contributed by atoms with van der Waals surface area (Å²) in [6.45, 7) is 0. The summed E-state index contributed by atoms with van der Waals surface area (Å²) < 4.78 is 5.25. The number of ketones is 1. The molecule has 0 fully saturated rings. The Kier molecular flexibility index (Phi) is 3.88. The quantitative estimate of drug-likeness (QED) is 0.776. The maximum Gasteiger partial charge on any atom is 0.177 e. The molecule has 1 aliphatic carbocycles. The Labute approximate surface area is 123 Å². The summed E-state index contributed by atoms with van der Waals surface area (Å²) in [5.74, 6) is 1.28. The molecule has 1 unspecified atom stereocenters. The molecule has 0 N–H and O–H groups in total. The van der Waals surface area contributed by atoms with Crippen molar-refractivity contribution in [2.24, 2.45) is 0 Å². The lowest BCUT2D eigenvalue weighted by Gasteiger charge is -2.24. The van der Waals surface area contributed by atoms with E-state index >= 15 is 0 Å². The van der Waals surface area contributed by atoms with Gasteiger partial charge < -0.3 is 4.74 Å². The Hall–Kier alpha value is -1.61. The predicted octanol–water partition coefficient (Wildman–Crippen LogP) is 4.45. The molecule has 3 rings (SSSR count). The Morgan fingerprint density at radius 2 is 2.20 bits per heavy atom. The molecule has 0 radical (unpaired) electrons. The first kappa shape index (κ1) is 13.4. The molecule has 1 heterocycles. The van der Waals surface area contributed by atoms with Crippen LogP contribution >= 0.6 is 11.3 Å². The van der Waals surface area contributed by atoms with Crippen LogP contribution in [0.4, 0.5) is 0 Å². The van der Waals surface area contributed by atoms with E-state index in [4.69, 9.17) is 4.74 Å². The monoisotopic (exact) mass is 286 g/mol. The van der Waals surface area contributed by atoms with Gasteiger partial charge in [-0.15, -0.1) is 11.3 Å². The molecule has 0 amide bonds. The highest BCUT2D eigenvalue weighted by Crippen LogP contribution is 2.36.